The van der Waals surface area contributed by atoms with Crippen molar-refractivity contribution in [3.8, 4) is 0 Å². The third kappa shape index (κ3) is 5.32. The molecule has 2 amide bonds. The van der Waals surface area contributed by atoms with Crippen molar-refractivity contribution in [1.82, 2.24) is 4.90 Å². The van der Waals surface area contributed by atoms with E-state index in [2.05, 4.69) is 5.32 Å². The van der Waals surface area contributed by atoms with E-state index >= 15 is 0 Å². The molecule has 27 heavy (non-hydrogen) atoms. The van der Waals surface area contributed by atoms with Gasteiger partial charge in [0, 0.05) is 35.4 Å². The molecule has 1 saturated heterocycles. The fourth-order valence-electron chi connectivity index (χ4n) is 3.13. The third-order valence-electron chi connectivity index (χ3n) is 4.47. The Morgan fingerprint density at radius 2 is 1.67 bits per heavy atom. The molecule has 2 aromatic rings. The normalized spacial score (nSPS) is 14.5. The fraction of sp³-hybridized carbons (Fsp3) is 0.333. The molecule has 1 heterocycles. The molecule has 1 fully saturated rings. The number of benzene rings is 2. The highest BCUT2D eigenvalue weighted by molar-refractivity contribution is 7.99. The lowest BCUT2D eigenvalue weighted by atomic mass is 10.1. The first-order chi connectivity index (χ1) is 13.0. The van der Waals surface area contributed by atoms with E-state index in [4.69, 9.17) is 0 Å². The molecule has 1 aliphatic rings. The van der Waals surface area contributed by atoms with E-state index < -0.39 is 0 Å². The number of anilines is 1. The van der Waals surface area contributed by atoms with E-state index in [1.54, 1.807) is 24.3 Å². The number of likely N-dealkylation sites (tertiary alicyclic amines) is 1. The average Bonchev–Trinajstić information content (AvgIpc) is 2.93. The second-order valence-electron chi connectivity index (χ2n) is 6.65. The van der Waals surface area contributed by atoms with E-state index in [-0.39, 0.29) is 17.6 Å². The highest BCUT2D eigenvalue weighted by Crippen LogP contribution is 2.34. The van der Waals surface area contributed by atoms with Crippen LogP contribution in [0.5, 0.6) is 0 Å². The van der Waals surface area contributed by atoms with Crippen LogP contribution in [0.4, 0.5) is 10.1 Å². The Bertz CT molecular complexity index is 815. The monoisotopic (exact) mass is 386 g/mol. The topological polar surface area (TPSA) is 49.4 Å². The van der Waals surface area contributed by atoms with E-state index in [1.807, 2.05) is 11.0 Å². The largest absolute Gasteiger partial charge is 0.339 e. The Morgan fingerprint density at radius 3 is 2.30 bits per heavy atom. The van der Waals surface area contributed by atoms with Gasteiger partial charge in [-0.1, -0.05) is 24.6 Å². The summed E-state index contributed by atoms with van der Waals surface area (Å²) in [5, 5.41) is 2.81. The number of amides is 2. The molecule has 1 aliphatic heterocycles. The van der Waals surface area contributed by atoms with Crippen molar-refractivity contribution in [2.45, 2.75) is 42.4 Å². The molecule has 6 heteroatoms. The van der Waals surface area contributed by atoms with Gasteiger partial charge in [0.15, 0.2) is 0 Å². The van der Waals surface area contributed by atoms with Crippen LogP contribution < -0.4 is 5.32 Å². The van der Waals surface area contributed by atoms with Gasteiger partial charge in [-0.2, -0.15) is 0 Å². The van der Waals surface area contributed by atoms with Crippen molar-refractivity contribution in [2.24, 2.45) is 0 Å². The molecular formula is C21H23FN2O2S. The Balaban J connectivity index is 1.85. The number of halogens is 1. The van der Waals surface area contributed by atoms with Crippen molar-refractivity contribution in [2.75, 3.05) is 18.4 Å². The summed E-state index contributed by atoms with van der Waals surface area (Å²) < 4.78 is 13.1. The Morgan fingerprint density at radius 1 is 1.00 bits per heavy atom. The summed E-state index contributed by atoms with van der Waals surface area (Å²) in [6.45, 7) is 3.00. The Labute approximate surface area is 163 Å². The van der Waals surface area contributed by atoms with Gasteiger partial charge < -0.3 is 10.2 Å². The van der Waals surface area contributed by atoms with Crippen LogP contribution in [-0.2, 0) is 4.79 Å². The molecule has 0 aromatic heterocycles. The molecule has 3 rings (SSSR count). The van der Waals surface area contributed by atoms with Crippen LogP contribution >= 0.6 is 11.8 Å². The highest BCUT2D eigenvalue weighted by atomic mass is 32.2. The fourth-order valence-corrected chi connectivity index (χ4v) is 4.01. The smallest absolute Gasteiger partial charge is 0.253 e. The summed E-state index contributed by atoms with van der Waals surface area (Å²) in [5.74, 6) is -0.489. The Hall–Kier alpha value is -2.34. The minimum Gasteiger partial charge on any atom is -0.339 e. The number of hydrogen-bond acceptors (Lipinski definition) is 3. The number of carbonyl (C=O) groups excluding carboxylic acids is 2. The van der Waals surface area contributed by atoms with Crippen LogP contribution in [0.3, 0.4) is 0 Å². The van der Waals surface area contributed by atoms with E-state index in [1.165, 1.54) is 30.8 Å². The van der Waals surface area contributed by atoms with Gasteiger partial charge in [0.25, 0.3) is 5.91 Å². The zero-order chi connectivity index (χ0) is 19.2. The molecule has 0 spiro atoms. The van der Waals surface area contributed by atoms with E-state index in [0.717, 1.165) is 48.6 Å². The molecule has 142 valence electrons. The lowest BCUT2D eigenvalue weighted by molar-refractivity contribution is -0.114. The highest BCUT2D eigenvalue weighted by Gasteiger charge is 2.19. The molecule has 4 nitrogen and oxygen atoms in total. The van der Waals surface area contributed by atoms with Crippen molar-refractivity contribution in [1.29, 1.82) is 0 Å². The van der Waals surface area contributed by atoms with Gasteiger partial charge in [-0.3, -0.25) is 9.59 Å². The van der Waals surface area contributed by atoms with Crippen LogP contribution in [-0.4, -0.2) is 29.8 Å². The molecular weight excluding hydrogens is 363 g/mol. The zero-order valence-corrected chi connectivity index (χ0v) is 16.2. The third-order valence-corrected chi connectivity index (χ3v) is 5.56. The van der Waals surface area contributed by atoms with Gasteiger partial charge in [0.1, 0.15) is 5.82 Å². The quantitative estimate of drug-likeness (QED) is 0.809. The molecule has 0 unspecified atom stereocenters. The average molecular weight is 386 g/mol. The Kier molecular flexibility index (Phi) is 6.50. The van der Waals surface area contributed by atoms with E-state index in [9.17, 15) is 14.0 Å². The van der Waals surface area contributed by atoms with Crippen LogP contribution in [0.25, 0.3) is 0 Å². The van der Waals surface area contributed by atoms with Crippen molar-refractivity contribution < 1.29 is 14.0 Å². The molecule has 2 aromatic carbocycles. The standard InChI is InChI=1S/C21H23FN2O2S/c1-15(25)23-19-14-16(21(26)24-12-4-2-3-5-13-24)6-11-20(19)27-18-9-7-17(22)8-10-18/h6-11,14H,2-5,12-13H2,1H3,(H,23,25). The number of rotatable bonds is 4. The first-order valence-corrected chi connectivity index (χ1v) is 9.99. The van der Waals surface area contributed by atoms with Crippen LogP contribution in [0.2, 0.25) is 0 Å². The first kappa shape index (κ1) is 19.4. The number of carbonyl (C=O) groups is 2. The zero-order valence-electron chi connectivity index (χ0n) is 15.3. The number of nitrogens with zero attached hydrogens (tertiary/aromatic N) is 1. The molecule has 0 saturated carbocycles. The maximum atomic E-state index is 13.1. The predicted molar refractivity (Wildman–Crippen MR) is 106 cm³/mol. The van der Waals surface area contributed by atoms with E-state index in [0.29, 0.717) is 11.3 Å². The predicted octanol–water partition coefficient (Wildman–Crippen LogP) is 4.95. The van der Waals surface area contributed by atoms with Crippen molar-refractivity contribution >= 4 is 29.3 Å². The second-order valence-corrected chi connectivity index (χ2v) is 7.77. The van der Waals surface area contributed by atoms with Gasteiger partial charge in [-0.15, -0.1) is 0 Å². The van der Waals surface area contributed by atoms with Gasteiger partial charge in [-0.05, 0) is 55.3 Å². The summed E-state index contributed by atoms with van der Waals surface area (Å²) in [4.78, 5) is 28.0. The summed E-state index contributed by atoms with van der Waals surface area (Å²) in [6, 6.07) is 11.5. The molecule has 0 bridgehead atoms. The maximum absolute atomic E-state index is 13.1. The minimum atomic E-state index is -0.292. The summed E-state index contributed by atoms with van der Waals surface area (Å²) in [5.41, 5.74) is 1.17. The molecule has 0 aliphatic carbocycles. The van der Waals surface area contributed by atoms with Crippen LogP contribution in [0.1, 0.15) is 43.0 Å². The molecule has 0 radical (unpaired) electrons. The van der Waals surface area contributed by atoms with Gasteiger partial charge in [-0.25, -0.2) is 4.39 Å². The maximum Gasteiger partial charge on any atom is 0.253 e. The second kappa shape index (κ2) is 9.04. The number of nitrogens with one attached hydrogen (secondary N) is 1. The lowest BCUT2D eigenvalue weighted by Crippen LogP contribution is -2.31. The lowest BCUT2D eigenvalue weighted by Gasteiger charge is -2.21. The van der Waals surface area contributed by atoms with Gasteiger partial charge >= 0.3 is 0 Å². The molecule has 1 N–H and O–H groups in total. The first-order valence-electron chi connectivity index (χ1n) is 9.17. The van der Waals surface area contributed by atoms with Gasteiger partial charge in [0.05, 0.1) is 5.69 Å². The summed E-state index contributed by atoms with van der Waals surface area (Å²) >= 11 is 1.42. The molecule has 0 atom stereocenters. The van der Waals surface area contributed by atoms with Crippen LogP contribution in [0, 0.1) is 5.82 Å². The minimum absolute atomic E-state index is 0.00170. The summed E-state index contributed by atoms with van der Waals surface area (Å²) in [7, 11) is 0. The number of hydrogen-bond donors (Lipinski definition) is 1. The van der Waals surface area contributed by atoms with Crippen LogP contribution in [0.15, 0.2) is 52.3 Å². The SMILES string of the molecule is CC(=O)Nc1cc(C(=O)N2CCCCCC2)ccc1Sc1ccc(F)cc1. The summed E-state index contributed by atoms with van der Waals surface area (Å²) in [6.07, 6.45) is 4.38. The van der Waals surface area contributed by atoms with Gasteiger partial charge in [0.2, 0.25) is 5.91 Å². The van der Waals surface area contributed by atoms with Crippen molar-refractivity contribution in [3.63, 3.8) is 0 Å². The van der Waals surface area contributed by atoms with Crippen molar-refractivity contribution in [3.05, 3.63) is 53.8 Å².